The van der Waals surface area contributed by atoms with Crippen molar-refractivity contribution in [3.05, 3.63) is 48.3 Å². The molecule has 1 aliphatic heterocycles. The highest BCUT2D eigenvalue weighted by atomic mass is 15.3. The summed E-state index contributed by atoms with van der Waals surface area (Å²) < 4.78 is 1.91. The Morgan fingerprint density at radius 1 is 1.20 bits per heavy atom. The van der Waals surface area contributed by atoms with E-state index in [1.54, 1.807) is 0 Å². The maximum atomic E-state index is 4.59. The van der Waals surface area contributed by atoms with Gasteiger partial charge in [0.05, 0.1) is 17.9 Å². The van der Waals surface area contributed by atoms with Gasteiger partial charge in [-0.05, 0) is 18.2 Å². The minimum absolute atomic E-state index is 0.856. The number of nitrogens with zero attached hydrogens (tertiary/aromatic N) is 4. The van der Waals surface area contributed by atoms with Gasteiger partial charge in [-0.2, -0.15) is 5.10 Å². The van der Waals surface area contributed by atoms with Gasteiger partial charge in [-0.3, -0.25) is 4.99 Å². The molecule has 104 valence electrons. The summed E-state index contributed by atoms with van der Waals surface area (Å²) >= 11 is 0. The van der Waals surface area contributed by atoms with Crippen LogP contribution in [0.4, 0.5) is 0 Å². The normalized spacial score (nSPS) is 14.4. The summed E-state index contributed by atoms with van der Waals surface area (Å²) in [5.74, 6) is 0.993. The number of likely N-dealkylation sites (N-methyl/N-ethyl adjacent to an activating group) is 1. The Bertz CT molecular complexity index is 587. The summed E-state index contributed by atoms with van der Waals surface area (Å²) in [7, 11) is 2.06. The van der Waals surface area contributed by atoms with Gasteiger partial charge in [0.15, 0.2) is 5.96 Å². The van der Waals surface area contributed by atoms with Gasteiger partial charge in [0.2, 0.25) is 0 Å². The Morgan fingerprint density at radius 3 is 2.80 bits per heavy atom. The van der Waals surface area contributed by atoms with Crippen LogP contribution in [0.15, 0.2) is 47.6 Å². The standard InChI is InChI=1S/C15H19N5/c1-19-12-10-17-15(19)16-9-7-13-8-11-20(18-13)14-5-3-2-4-6-14/h2-6,8,11H,7,9-10,12H2,1H3,(H,16,17). The third-order valence-electron chi connectivity index (χ3n) is 3.39. The van der Waals surface area contributed by atoms with Crippen LogP contribution in [0.1, 0.15) is 5.69 Å². The Kier molecular flexibility index (Phi) is 3.67. The second kappa shape index (κ2) is 5.77. The summed E-state index contributed by atoms with van der Waals surface area (Å²) in [6.07, 6.45) is 2.90. The molecule has 0 radical (unpaired) electrons. The molecule has 20 heavy (non-hydrogen) atoms. The summed E-state index contributed by atoms with van der Waals surface area (Å²) in [5, 5.41) is 7.94. The molecule has 1 N–H and O–H groups in total. The lowest BCUT2D eigenvalue weighted by atomic mass is 10.3. The van der Waals surface area contributed by atoms with E-state index in [0.29, 0.717) is 0 Å². The smallest absolute Gasteiger partial charge is 0.193 e. The van der Waals surface area contributed by atoms with E-state index >= 15 is 0 Å². The van der Waals surface area contributed by atoms with Crippen LogP contribution >= 0.6 is 0 Å². The molecule has 5 heteroatoms. The first-order valence-corrected chi connectivity index (χ1v) is 6.92. The molecule has 0 atom stereocenters. The monoisotopic (exact) mass is 269 g/mol. The van der Waals surface area contributed by atoms with Crippen LogP contribution in [0.2, 0.25) is 0 Å². The van der Waals surface area contributed by atoms with Crippen molar-refractivity contribution in [2.24, 2.45) is 4.99 Å². The van der Waals surface area contributed by atoms with Crippen LogP contribution in [0.3, 0.4) is 0 Å². The molecular weight excluding hydrogens is 250 g/mol. The maximum Gasteiger partial charge on any atom is 0.193 e. The Morgan fingerprint density at radius 2 is 2.05 bits per heavy atom. The van der Waals surface area contributed by atoms with Crippen LogP contribution in [0.5, 0.6) is 0 Å². The number of hydrogen-bond acceptors (Lipinski definition) is 4. The molecular formula is C15H19N5. The number of hydrogen-bond donors (Lipinski definition) is 1. The zero-order valence-electron chi connectivity index (χ0n) is 11.7. The third kappa shape index (κ3) is 2.82. The number of aromatic nitrogens is 2. The number of nitrogens with one attached hydrogen (secondary N) is 1. The Hall–Kier alpha value is -2.30. The first-order chi connectivity index (χ1) is 9.83. The summed E-state index contributed by atoms with van der Waals surface area (Å²) in [6, 6.07) is 12.2. The number of rotatable bonds is 4. The molecule has 2 aromatic rings. The molecule has 3 rings (SSSR count). The molecule has 0 spiro atoms. The molecule has 1 aliphatic rings. The van der Waals surface area contributed by atoms with Crippen molar-refractivity contribution in [3.63, 3.8) is 0 Å². The van der Waals surface area contributed by atoms with Gasteiger partial charge in [-0.1, -0.05) is 18.2 Å². The fourth-order valence-corrected chi connectivity index (χ4v) is 2.25. The predicted molar refractivity (Wildman–Crippen MR) is 80.2 cm³/mol. The van der Waals surface area contributed by atoms with E-state index in [-0.39, 0.29) is 0 Å². The highest BCUT2D eigenvalue weighted by molar-refractivity contribution is 5.81. The lowest BCUT2D eigenvalue weighted by Gasteiger charge is -2.14. The minimum atomic E-state index is 0.856. The minimum Gasteiger partial charge on any atom is -0.356 e. The highest BCUT2D eigenvalue weighted by Crippen LogP contribution is 2.07. The van der Waals surface area contributed by atoms with Crippen molar-refractivity contribution >= 4 is 5.96 Å². The van der Waals surface area contributed by atoms with Crippen LogP contribution in [-0.4, -0.2) is 47.3 Å². The predicted octanol–water partition coefficient (Wildman–Crippen LogP) is 1.31. The molecule has 0 saturated carbocycles. The average molecular weight is 269 g/mol. The van der Waals surface area contributed by atoms with Crippen molar-refractivity contribution in [2.45, 2.75) is 6.42 Å². The van der Waals surface area contributed by atoms with Crippen LogP contribution in [-0.2, 0) is 6.42 Å². The second-order valence-corrected chi connectivity index (χ2v) is 4.89. The largest absolute Gasteiger partial charge is 0.356 e. The van der Waals surface area contributed by atoms with E-state index in [1.165, 1.54) is 0 Å². The fraction of sp³-hybridized carbons (Fsp3) is 0.333. The molecule has 0 unspecified atom stereocenters. The maximum absolute atomic E-state index is 4.59. The second-order valence-electron chi connectivity index (χ2n) is 4.89. The molecule has 0 fully saturated rings. The number of benzene rings is 1. The van der Waals surface area contributed by atoms with Crippen LogP contribution in [0, 0.1) is 0 Å². The lowest BCUT2D eigenvalue weighted by Crippen LogP contribution is -2.36. The average Bonchev–Trinajstić information content (AvgIpc) is 3.10. The molecule has 0 bridgehead atoms. The van der Waals surface area contributed by atoms with Crippen LogP contribution < -0.4 is 5.32 Å². The van der Waals surface area contributed by atoms with E-state index in [2.05, 4.69) is 45.6 Å². The van der Waals surface area contributed by atoms with Gasteiger partial charge in [-0.15, -0.1) is 0 Å². The first-order valence-electron chi connectivity index (χ1n) is 6.92. The third-order valence-corrected chi connectivity index (χ3v) is 3.39. The van der Waals surface area contributed by atoms with E-state index in [1.807, 2.05) is 29.1 Å². The Labute approximate surface area is 118 Å². The van der Waals surface area contributed by atoms with Crippen molar-refractivity contribution < 1.29 is 0 Å². The molecule has 0 amide bonds. The Balaban J connectivity index is 1.55. The van der Waals surface area contributed by atoms with Crippen molar-refractivity contribution in [1.82, 2.24) is 20.0 Å². The van der Waals surface area contributed by atoms with Gasteiger partial charge in [0, 0.05) is 32.8 Å². The topological polar surface area (TPSA) is 45.5 Å². The number of guanidine groups is 1. The van der Waals surface area contributed by atoms with E-state index in [0.717, 1.165) is 43.4 Å². The highest BCUT2D eigenvalue weighted by Gasteiger charge is 2.11. The number of para-hydroxylation sites is 1. The van der Waals surface area contributed by atoms with Gasteiger partial charge in [-0.25, -0.2) is 4.68 Å². The SMILES string of the molecule is CN1CCN=C1NCCc1ccn(-c2ccccc2)n1. The number of aliphatic imine (C=N–C) groups is 1. The summed E-state index contributed by atoms with van der Waals surface area (Å²) in [5.41, 5.74) is 2.18. The molecule has 0 aliphatic carbocycles. The molecule has 1 aromatic carbocycles. The molecule has 1 aromatic heterocycles. The van der Waals surface area contributed by atoms with E-state index in [9.17, 15) is 0 Å². The van der Waals surface area contributed by atoms with Crippen LogP contribution in [0.25, 0.3) is 5.69 Å². The first kappa shape index (κ1) is 12.7. The van der Waals surface area contributed by atoms with Gasteiger partial charge in [0.25, 0.3) is 0 Å². The van der Waals surface area contributed by atoms with Crippen molar-refractivity contribution in [2.75, 3.05) is 26.7 Å². The zero-order valence-corrected chi connectivity index (χ0v) is 11.7. The van der Waals surface area contributed by atoms with Crippen molar-refractivity contribution in [3.8, 4) is 5.69 Å². The van der Waals surface area contributed by atoms with E-state index in [4.69, 9.17) is 0 Å². The van der Waals surface area contributed by atoms with Gasteiger partial charge >= 0.3 is 0 Å². The molecule has 5 nitrogen and oxygen atoms in total. The summed E-state index contributed by atoms with van der Waals surface area (Å²) in [6.45, 7) is 2.75. The van der Waals surface area contributed by atoms with E-state index < -0.39 is 0 Å². The summed E-state index contributed by atoms with van der Waals surface area (Å²) in [4.78, 5) is 6.55. The van der Waals surface area contributed by atoms with Gasteiger partial charge in [0.1, 0.15) is 0 Å². The zero-order chi connectivity index (χ0) is 13.8. The molecule has 0 saturated heterocycles. The fourth-order valence-electron chi connectivity index (χ4n) is 2.25. The lowest BCUT2D eigenvalue weighted by molar-refractivity contribution is 0.534. The quantitative estimate of drug-likeness (QED) is 0.910. The van der Waals surface area contributed by atoms with Gasteiger partial charge < -0.3 is 10.2 Å². The molecule has 2 heterocycles. The van der Waals surface area contributed by atoms with Crippen molar-refractivity contribution in [1.29, 1.82) is 0 Å².